The first-order valence-electron chi connectivity index (χ1n) is 6.69. The molecule has 0 saturated carbocycles. The summed E-state index contributed by atoms with van der Waals surface area (Å²) in [5.41, 5.74) is 0. The minimum atomic E-state index is 0.445. The van der Waals surface area contributed by atoms with Crippen LogP contribution < -0.4 is 10.1 Å². The molecule has 0 amide bonds. The van der Waals surface area contributed by atoms with Crippen LogP contribution in [0.4, 0.5) is 0 Å². The zero-order chi connectivity index (χ0) is 12.5. The number of likely N-dealkylation sites (N-methyl/N-ethyl adjacent to an activating group) is 1. The van der Waals surface area contributed by atoms with Crippen molar-refractivity contribution in [2.45, 2.75) is 39.7 Å². The molecule has 2 heteroatoms. The van der Waals surface area contributed by atoms with Crippen molar-refractivity contribution in [2.24, 2.45) is 5.92 Å². The zero-order valence-corrected chi connectivity index (χ0v) is 11.3. The number of para-hydroxylation sites is 1. The van der Waals surface area contributed by atoms with E-state index in [-0.39, 0.29) is 0 Å². The van der Waals surface area contributed by atoms with Crippen molar-refractivity contribution in [3.05, 3.63) is 30.3 Å². The number of hydrogen-bond donors (Lipinski definition) is 1. The minimum Gasteiger partial charge on any atom is -0.492 e. The summed E-state index contributed by atoms with van der Waals surface area (Å²) >= 11 is 0. The molecule has 2 unspecified atom stereocenters. The standard InChI is InChI=1S/C15H25NO/c1-4-9-13(3)15(16-5-2)12-17-14-10-7-6-8-11-14/h6-8,10-11,13,15-16H,4-5,9,12H2,1-3H3. The van der Waals surface area contributed by atoms with Crippen molar-refractivity contribution < 1.29 is 4.74 Å². The average molecular weight is 235 g/mol. The van der Waals surface area contributed by atoms with Crippen LogP contribution in [0.5, 0.6) is 5.75 Å². The molecule has 0 saturated heterocycles. The van der Waals surface area contributed by atoms with Crippen LogP contribution in [-0.2, 0) is 0 Å². The van der Waals surface area contributed by atoms with E-state index in [0.717, 1.165) is 18.9 Å². The van der Waals surface area contributed by atoms with Crippen LogP contribution >= 0.6 is 0 Å². The van der Waals surface area contributed by atoms with Crippen molar-refractivity contribution >= 4 is 0 Å². The molecule has 0 spiro atoms. The van der Waals surface area contributed by atoms with Gasteiger partial charge in [0.05, 0.1) is 0 Å². The number of nitrogens with one attached hydrogen (secondary N) is 1. The normalized spacial score (nSPS) is 14.3. The van der Waals surface area contributed by atoms with Gasteiger partial charge in [0.1, 0.15) is 12.4 Å². The van der Waals surface area contributed by atoms with Gasteiger partial charge < -0.3 is 10.1 Å². The van der Waals surface area contributed by atoms with Crippen molar-refractivity contribution in [2.75, 3.05) is 13.2 Å². The molecule has 0 heterocycles. The fourth-order valence-electron chi connectivity index (χ4n) is 2.05. The van der Waals surface area contributed by atoms with Crippen LogP contribution in [0.3, 0.4) is 0 Å². The number of rotatable bonds is 8. The smallest absolute Gasteiger partial charge is 0.119 e. The van der Waals surface area contributed by atoms with Gasteiger partial charge in [-0.15, -0.1) is 0 Å². The van der Waals surface area contributed by atoms with Crippen LogP contribution in [0.2, 0.25) is 0 Å². The van der Waals surface area contributed by atoms with E-state index >= 15 is 0 Å². The van der Waals surface area contributed by atoms with Crippen LogP contribution in [0.25, 0.3) is 0 Å². The first-order chi connectivity index (χ1) is 8.27. The van der Waals surface area contributed by atoms with Gasteiger partial charge in [-0.1, -0.05) is 45.4 Å². The first kappa shape index (κ1) is 14.0. The van der Waals surface area contributed by atoms with E-state index in [4.69, 9.17) is 4.74 Å². The summed E-state index contributed by atoms with van der Waals surface area (Å²) in [5.74, 6) is 1.61. The second kappa shape index (κ2) is 8.13. The van der Waals surface area contributed by atoms with Crippen LogP contribution in [-0.4, -0.2) is 19.2 Å². The summed E-state index contributed by atoms with van der Waals surface area (Å²) in [6.45, 7) is 8.42. The van der Waals surface area contributed by atoms with E-state index in [9.17, 15) is 0 Å². The second-order valence-corrected chi connectivity index (χ2v) is 4.55. The van der Waals surface area contributed by atoms with Crippen LogP contribution in [0.1, 0.15) is 33.6 Å². The second-order valence-electron chi connectivity index (χ2n) is 4.55. The van der Waals surface area contributed by atoms with Gasteiger partial charge in [-0.25, -0.2) is 0 Å². The van der Waals surface area contributed by atoms with E-state index in [0.29, 0.717) is 12.0 Å². The molecule has 0 aliphatic heterocycles. The van der Waals surface area contributed by atoms with E-state index < -0.39 is 0 Å². The molecule has 0 aliphatic rings. The molecule has 2 nitrogen and oxygen atoms in total. The molecule has 1 rings (SSSR count). The Balaban J connectivity index is 2.43. The van der Waals surface area contributed by atoms with Gasteiger partial charge in [0, 0.05) is 6.04 Å². The number of hydrogen-bond acceptors (Lipinski definition) is 2. The van der Waals surface area contributed by atoms with Crippen molar-refractivity contribution in [3.63, 3.8) is 0 Å². The molecule has 0 aliphatic carbocycles. The third-order valence-corrected chi connectivity index (χ3v) is 3.07. The molecule has 1 aromatic rings. The van der Waals surface area contributed by atoms with Gasteiger partial charge in [0.25, 0.3) is 0 Å². The van der Waals surface area contributed by atoms with E-state index in [1.54, 1.807) is 0 Å². The Morgan fingerprint density at radius 3 is 2.47 bits per heavy atom. The van der Waals surface area contributed by atoms with Crippen molar-refractivity contribution in [1.29, 1.82) is 0 Å². The summed E-state index contributed by atoms with van der Waals surface area (Å²) in [5, 5.41) is 3.51. The van der Waals surface area contributed by atoms with Gasteiger partial charge in [-0.3, -0.25) is 0 Å². The maximum atomic E-state index is 5.83. The molecule has 1 N–H and O–H groups in total. The largest absolute Gasteiger partial charge is 0.492 e. The topological polar surface area (TPSA) is 21.3 Å². The minimum absolute atomic E-state index is 0.445. The Morgan fingerprint density at radius 2 is 1.88 bits per heavy atom. The van der Waals surface area contributed by atoms with Gasteiger partial charge in [0.2, 0.25) is 0 Å². The Kier molecular flexibility index (Phi) is 6.71. The van der Waals surface area contributed by atoms with Crippen LogP contribution in [0.15, 0.2) is 30.3 Å². The van der Waals surface area contributed by atoms with Gasteiger partial charge >= 0.3 is 0 Å². The molecule has 1 aromatic carbocycles. The summed E-state index contributed by atoms with van der Waals surface area (Å²) < 4.78 is 5.83. The summed E-state index contributed by atoms with van der Waals surface area (Å²) in [6, 6.07) is 10.5. The third kappa shape index (κ3) is 5.22. The lowest BCUT2D eigenvalue weighted by Gasteiger charge is -2.24. The lowest BCUT2D eigenvalue weighted by molar-refractivity contribution is 0.219. The lowest BCUT2D eigenvalue weighted by atomic mass is 9.97. The van der Waals surface area contributed by atoms with E-state index in [1.807, 2.05) is 30.3 Å². The Bertz CT molecular complexity index is 286. The summed E-state index contributed by atoms with van der Waals surface area (Å²) in [4.78, 5) is 0. The number of ether oxygens (including phenoxy) is 1. The van der Waals surface area contributed by atoms with Crippen molar-refractivity contribution in [3.8, 4) is 5.75 Å². The molecule has 17 heavy (non-hydrogen) atoms. The molecular weight excluding hydrogens is 210 g/mol. The maximum Gasteiger partial charge on any atom is 0.119 e. The molecule has 0 radical (unpaired) electrons. The zero-order valence-electron chi connectivity index (χ0n) is 11.3. The van der Waals surface area contributed by atoms with Gasteiger partial charge in [-0.2, -0.15) is 0 Å². The average Bonchev–Trinajstić information content (AvgIpc) is 2.36. The highest BCUT2D eigenvalue weighted by Crippen LogP contribution is 2.14. The Labute approximate surface area is 105 Å². The summed E-state index contributed by atoms with van der Waals surface area (Å²) in [7, 11) is 0. The fourth-order valence-corrected chi connectivity index (χ4v) is 2.05. The molecule has 96 valence electrons. The summed E-state index contributed by atoms with van der Waals surface area (Å²) in [6.07, 6.45) is 2.48. The maximum absolute atomic E-state index is 5.83. The molecule has 0 bridgehead atoms. The monoisotopic (exact) mass is 235 g/mol. The van der Waals surface area contributed by atoms with Gasteiger partial charge in [0.15, 0.2) is 0 Å². The molecule has 0 fully saturated rings. The lowest BCUT2D eigenvalue weighted by Crippen LogP contribution is -2.39. The van der Waals surface area contributed by atoms with Gasteiger partial charge in [-0.05, 0) is 31.0 Å². The highest BCUT2D eigenvalue weighted by molar-refractivity contribution is 5.20. The molecular formula is C15H25NO. The Hall–Kier alpha value is -1.02. The quantitative estimate of drug-likeness (QED) is 0.745. The van der Waals surface area contributed by atoms with E-state index in [1.165, 1.54) is 12.8 Å². The molecule has 0 aromatic heterocycles. The van der Waals surface area contributed by atoms with Crippen LogP contribution in [0, 0.1) is 5.92 Å². The number of benzene rings is 1. The molecule has 2 atom stereocenters. The highest BCUT2D eigenvalue weighted by atomic mass is 16.5. The SMILES string of the molecule is CCCC(C)C(COc1ccccc1)NCC. The van der Waals surface area contributed by atoms with E-state index in [2.05, 4.69) is 26.1 Å². The predicted octanol–water partition coefficient (Wildman–Crippen LogP) is 3.48. The predicted molar refractivity (Wildman–Crippen MR) is 73.5 cm³/mol. The fraction of sp³-hybridized carbons (Fsp3) is 0.600. The highest BCUT2D eigenvalue weighted by Gasteiger charge is 2.16. The Morgan fingerprint density at radius 1 is 1.18 bits per heavy atom. The van der Waals surface area contributed by atoms with Crippen molar-refractivity contribution in [1.82, 2.24) is 5.32 Å². The first-order valence-corrected chi connectivity index (χ1v) is 6.69. The third-order valence-electron chi connectivity index (χ3n) is 3.07.